The van der Waals surface area contributed by atoms with Crippen molar-refractivity contribution in [3.05, 3.63) is 42.2 Å². The number of methoxy groups -OCH3 is 1. The Bertz CT molecular complexity index is 1160. The lowest BCUT2D eigenvalue weighted by Crippen LogP contribution is -2.44. The number of hydrogen-bond donors (Lipinski definition) is 0. The van der Waals surface area contributed by atoms with Gasteiger partial charge >= 0.3 is 6.01 Å². The zero-order chi connectivity index (χ0) is 21.7. The lowest BCUT2D eigenvalue weighted by atomic mass is 9.96. The van der Waals surface area contributed by atoms with Crippen LogP contribution in [0.2, 0.25) is 0 Å². The molecule has 5 heterocycles. The zero-order valence-electron chi connectivity index (χ0n) is 18.2. The van der Waals surface area contributed by atoms with E-state index in [2.05, 4.69) is 50.3 Å². The second-order valence-corrected chi connectivity index (χ2v) is 8.78. The fraction of sp³-hybridized carbons (Fsp3) is 0.417. The average Bonchev–Trinajstić information content (AvgIpc) is 3.03. The van der Waals surface area contributed by atoms with Crippen molar-refractivity contribution in [2.45, 2.75) is 50.5 Å². The quantitative estimate of drug-likeness (QED) is 0.621. The van der Waals surface area contributed by atoms with Crippen LogP contribution in [0.5, 0.6) is 17.8 Å². The summed E-state index contributed by atoms with van der Waals surface area (Å²) >= 11 is 0. The van der Waals surface area contributed by atoms with Gasteiger partial charge in [0.15, 0.2) is 0 Å². The molecule has 0 spiro atoms. The van der Waals surface area contributed by atoms with Gasteiger partial charge in [-0.05, 0) is 42.6 Å². The number of fused-ring (bicyclic) bond motifs is 5. The molecule has 32 heavy (non-hydrogen) atoms. The van der Waals surface area contributed by atoms with E-state index in [1.165, 1.54) is 12.8 Å². The number of hydrogen-bond acceptors (Lipinski definition) is 8. The van der Waals surface area contributed by atoms with E-state index in [0.29, 0.717) is 36.5 Å². The van der Waals surface area contributed by atoms with Crippen LogP contribution in [0.3, 0.4) is 0 Å². The first-order valence-electron chi connectivity index (χ1n) is 11.1. The summed E-state index contributed by atoms with van der Waals surface area (Å²) in [5.41, 5.74) is 5.01. The normalized spacial score (nSPS) is 23.8. The lowest BCUT2D eigenvalue weighted by Gasteiger charge is -2.35. The second-order valence-electron chi connectivity index (χ2n) is 8.78. The van der Waals surface area contributed by atoms with Crippen LogP contribution in [-0.2, 0) is 6.61 Å². The zero-order valence-corrected chi connectivity index (χ0v) is 18.2. The topological polar surface area (TPSA) is 82.5 Å². The fourth-order valence-corrected chi connectivity index (χ4v) is 5.22. The van der Waals surface area contributed by atoms with E-state index >= 15 is 0 Å². The highest BCUT2D eigenvalue weighted by atomic mass is 16.5. The summed E-state index contributed by atoms with van der Waals surface area (Å²) in [5, 5.41) is 7.95. The van der Waals surface area contributed by atoms with Gasteiger partial charge in [-0.25, -0.2) is 4.98 Å². The maximum Gasteiger partial charge on any atom is 0.319 e. The fourth-order valence-electron chi connectivity index (χ4n) is 5.22. The number of benzene rings is 1. The Labute approximate surface area is 186 Å². The summed E-state index contributed by atoms with van der Waals surface area (Å²) < 4.78 is 17.4. The van der Waals surface area contributed by atoms with E-state index < -0.39 is 0 Å². The van der Waals surface area contributed by atoms with Gasteiger partial charge in [0.05, 0.1) is 18.9 Å². The van der Waals surface area contributed by atoms with Crippen LogP contribution in [0.15, 0.2) is 36.7 Å². The molecule has 0 N–H and O–H groups in total. The summed E-state index contributed by atoms with van der Waals surface area (Å²) in [4.78, 5) is 11.6. The number of ether oxygens (including phenoxy) is 3. The highest BCUT2D eigenvalue weighted by molar-refractivity contribution is 5.77. The van der Waals surface area contributed by atoms with Gasteiger partial charge in [0.25, 0.3) is 0 Å². The van der Waals surface area contributed by atoms with Crippen molar-refractivity contribution < 1.29 is 14.2 Å². The average molecular weight is 431 g/mol. The molecule has 0 aliphatic carbocycles. The first-order chi connectivity index (χ1) is 15.7. The Morgan fingerprint density at radius 1 is 1.03 bits per heavy atom. The molecule has 2 aromatic heterocycles. The molecule has 0 amide bonds. The highest BCUT2D eigenvalue weighted by Gasteiger charge is 2.39. The van der Waals surface area contributed by atoms with Crippen LogP contribution < -0.4 is 14.2 Å². The lowest BCUT2D eigenvalue weighted by molar-refractivity contribution is 0.0594. The van der Waals surface area contributed by atoms with E-state index in [9.17, 15) is 0 Å². The van der Waals surface area contributed by atoms with Crippen molar-refractivity contribution in [2.75, 3.05) is 14.2 Å². The molecule has 2 bridgehead atoms. The predicted molar refractivity (Wildman–Crippen MR) is 118 cm³/mol. The predicted octanol–water partition coefficient (Wildman–Crippen LogP) is 3.51. The van der Waals surface area contributed by atoms with Gasteiger partial charge in [0.1, 0.15) is 12.7 Å². The first-order valence-corrected chi connectivity index (χ1v) is 11.1. The molecule has 3 aliphatic heterocycles. The van der Waals surface area contributed by atoms with E-state index in [4.69, 9.17) is 14.2 Å². The van der Waals surface area contributed by atoms with Crippen molar-refractivity contribution in [3.8, 4) is 40.0 Å². The molecule has 0 saturated carbocycles. The Balaban J connectivity index is 1.24. The number of nitrogens with zero attached hydrogens (tertiary/aromatic N) is 5. The van der Waals surface area contributed by atoms with Crippen molar-refractivity contribution in [3.63, 3.8) is 0 Å². The minimum Gasteiger partial charge on any atom is -0.480 e. The molecule has 8 heteroatoms. The van der Waals surface area contributed by atoms with Gasteiger partial charge in [0.2, 0.25) is 11.8 Å². The molecule has 164 valence electrons. The number of piperidine rings is 1. The third kappa shape index (κ3) is 3.35. The highest BCUT2D eigenvalue weighted by Crippen LogP contribution is 2.39. The van der Waals surface area contributed by atoms with Gasteiger partial charge in [-0.2, -0.15) is 10.1 Å². The molecule has 3 atom stereocenters. The Morgan fingerprint density at radius 2 is 1.88 bits per heavy atom. The summed E-state index contributed by atoms with van der Waals surface area (Å²) in [7, 11) is 3.81. The second kappa shape index (κ2) is 7.70. The van der Waals surface area contributed by atoms with Crippen LogP contribution in [0.25, 0.3) is 22.3 Å². The molecule has 6 rings (SSSR count). The molecular formula is C24H25N5O3. The molecule has 2 fully saturated rings. The summed E-state index contributed by atoms with van der Waals surface area (Å²) in [5.74, 6) is 1.07. The largest absolute Gasteiger partial charge is 0.480 e. The summed E-state index contributed by atoms with van der Waals surface area (Å²) in [6.45, 7) is 0.445. The molecular weight excluding hydrogens is 406 g/mol. The molecule has 3 aliphatic rings. The minimum absolute atomic E-state index is 0.172. The smallest absolute Gasteiger partial charge is 0.319 e. The molecule has 1 aromatic carbocycles. The third-order valence-corrected chi connectivity index (χ3v) is 6.99. The van der Waals surface area contributed by atoms with Crippen LogP contribution in [-0.4, -0.2) is 57.4 Å². The molecule has 2 saturated heterocycles. The Hall–Kier alpha value is -3.26. The maximum atomic E-state index is 6.18. The summed E-state index contributed by atoms with van der Waals surface area (Å²) in [6, 6.07) is 9.75. The van der Waals surface area contributed by atoms with E-state index in [1.807, 2.05) is 12.3 Å². The number of aromatic nitrogens is 4. The van der Waals surface area contributed by atoms with Gasteiger partial charge in [-0.1, -0.05) is 12.1 Å². The molecule has 1 unspecified atom stereocenters. The van der Waals surface area contributed by atoms with E-state index in [-0.39, 0.29) is 6.10 Å². The monoisotopic (exact) mass is 431 g/mol. The molecule has 3 aromatic rings. The van der Waals surface area contributed by atoms with Crippen LogP contribution in [0, 0.1) is 0 Å². The first kappa shape index (κ1) is 19.4. The van der Waals surface area contributed by atoms with E-state index in [0.717, 1.165) is 40.7 Å². The van der Waals surface area contributed by atoms with Gasteiger partial charge < -0.3 is 19.1 Å². The van der Waals surface area contributed by atoms with Crippen molar-refractivity contribution in [1.29, 1.82) is 0 Å². The van der Waals surface area contributed by atoms with Gasteiger partial charge in [-0.15, -0.1) is 5.10 Å². The molecule has 8 nitrogen and oxygen atoms in total. The van der Waals surface area contributed by atoms with Gasteiger partial charge in [0, 0.05) is 42.8 Å². The van der Waals surface area contributed by atoms with Crippen molar-refractivity contribution in [1.82, 2.24) is 25.1 Å². The third-order valence-electron chi connectivity index (χ3n) is 6.99. The SMILES string of the molecule is COc1cc(-c2ccc3c(c2)COc2nc(OC4C[C@H]5CC[C@@H](C4)N5C)ncc2-3)cnn1. The van der Waals surface area contributed by atoms with Crippen molar-refractivity contribution >= 4 is 0 Å². The number of rotatable bonds is 4. The minimum atomic E-state index is 0.172. The van der Waals surface area contributed by atoms with Crippen LogP contribution in [0.4, 0.5) is 0 Å². The molecule has 0 radical (unpaired) electrons. The van der Waals surface area contributed by atoms with Crippen LogP contribution in [0.1, 0.15) is 31.2 Å². The van der Waals surface area contributed by atoms with Crippen molar-refractivity contribution in [2.24, 2.45) is 0 Å². The Morgan fingerprint density at radius 3 is 2.69 bits per heavy atom. The Kier molecular flexibility index (Phi) is 4.68. The van der Waals surface area contributed by atoms with Crippen LogP contribution >= 0.6 is 0 Å². The maximum absolute atomic E-state index is 6.18. The van der Waals surface area contributed by atoms with Gasteiger partial charge in [-0.3, -0.25) is 0 Å². The van der Waals surface area contributed by atoms with E-state index in [1.54, 1.807) is 13.3 Å². The summed E-state index contributed by atoms with van der Waals surface area (Å²) in [6.07, 6.45) is 8.31. The standard InChI is InChI=1S/C24H25N5O3/c1-29-17-4-5-18(29)10-19(9-17)32-24-25-12-21-20-6-3-14(7-16(20)13-31-23(21)27-24)15-8-22(30-2)28-26-11-15/h3,6-8,11-12,17-19H,4-5,9-10,13H2,1-2H3/t17-,18+,19?.